The summed E-state index contributed by atoms with van der Waals surface area (Å²) >= 11 is 0. The van der Waals surface area contributed by atoms with Crippen molar-refractivity contribution in [1.82, 2.24) is 9.55 Å². The van der Waals surface area contributed by atoms with Gasteiger partial charge in [0.2, 0.25) is 0 Å². The molecule has 6 heteroatoms. The van der Waals surface area contributed by atoms with Crippen LogP contribution in [-0.4, -0.2) is 9.55 Å². The highest BCUT2D eigenvalue weighted by molar-refractivity contribution is 5.33. The second kappa shape index (κ2) is 5.64. The Balaban J connectivity index is 2.15. The molecule has 2 aromatic carbocycles. The third-order valence-electron chi connectivity index (χ3n) is 3.42. The maximum atomic E-state index is 14.5. The van der Waals surface area contributed by atoms with E-state index in [9.17, 15) is 18.4 Å². The summed E-state index contributed by atoms with van der Waals surface area (Å²) in [5, 5.41) is 0. The number of alkyl halides is 2. The lowest BCUT2D eigenvalue weighted by Crippen LogP contribution is -2.36. The van der Waals surface area contributed by atoms with E-state index in [0.29, 0.717) is 5.69 Å². The minimum Gasteiger partial charge on any atom is -0.305 e. The van der Waals surface area contributed by atoms with Crippen LogP contribution in [0, 0.1) is 0 Å². The SMILES string of the molecule is O=c1cc(C(F)(F)c2ccccc2)[nH]c(=O)n1-c1ccccc1. The van der Waals surface area contributed by atoms with Crippen LogP contribution >= 0.6 is 0 Å². The predicted octanol–water partition coefficient (Wildman–Crippen LogP) is 2.67. The highest BCUT2D eigenvalue weighted by Gasteiger charge is 2.35. The average Bonchev–Trinajstić information content (AvgIpc) is 2.56. The molecule has 0 amide bonds. The highest BCUT2D eigenvalue weighted by Crippen LogP contribution is 2.33. The molecule has 116 valence electrons. The van der Waals surface area contributed by atoms with Crippen LogP contribution in [0.25, 0.3) is 5.69 Å². The molecular formula is C17H12F2N2O2. The zero-order chi connectivity index (χ0) is 16.4. The molecule has 0 saturated carbocycles. The summed E-state index contributed by atoms with van der Waals surface area (Å²) in [5.41, 5.74) is -2.44. The number of nitrogens with one attached hydrogen (secondary N) is 1. The lowest BCUT2D eigenvalue weighted by molar-refractivity contribution is 0.0373. The zero-order valence-corrected chi connectivity index (χ0v) is 11.9. The predicted molar refractivity (Wildman–Crippen MR) is 82.1 cm³/mol. The third kappa shape index (κ3) is 2.70. The van der Waals surface area contributed by atoms with Gasteiger partial charge in [-0.05, 0) is 12.1 Å². The largest absolute Gasteiger partial charge is 0.333 e. The average molecular weight is 314 g/mol. The van der Waals surface area contributed by atoms with Gasteiger partial charge in [0, 0.05) is 11.6 Å². The Kier molecular flexibility index (Phi) is 3.65. The Labute approximate surface area is 129 Å². The van der Waals surface area contributed by atoms with Crippen molar-refractivity contribution in [2.45, 2.75) is 5.92 Å². The fraction of sp³-hybridized carbons (Fsp3) is 0.0588. The smallest absolute Gasteiger partial charge is 0.305 e. The van der Waals surface area contributed by atoms with E-state index in [1.54, 1.807) is 36.4 Å². The lowest BCUT2D eigenvalue weighted by Gasteiger charge is -2.17. The molecule has 1 heterocycles. The second-order valence-electron chi connectivity index (χ2n) is 4.94. The van der Waals surface area contributed by atoms with Crippen LogP contribution in [0.4, 0.5) is 8.78 Å². The molecule has 0 spiro atoms. The fourth-order valence-electron chi connectivity index (χ4n) is 2.29. The van der Waals surface area contributed by atoms with Gasteiger partial charge < -0.3 is 4.98 Å². The van der Waals surface area contributed by atoms with E-state index >= 15 is 0 Å². The van der Waals surface area contributed by atoms with Gasteiger partial charge in [0.15, 0.2) is 0 Å². The summed E-state index contributed by atoms with van der Waals surface area (Å²) in [7, 11) is 0. The molecule has 0 saturated heterocycles. The number of benzene rings is 2. The molecule has 1 aromatic heterocycles. The zero-order valence-electron chi connectivity index (χ0n) is 11.9. The molecule has 3 aromatic rings. The Morgan fingerprint density at radius 2 is 1.43 bits per heavy atom. The summed E-state index contributed by atoms with van der Waals surface area (Å²) in [6.45, 7) is 0. The topological polar surface area (TPSA) is 54.9 Å². The normalized spacial score (nSPS) is 11.4. The first-order chi connectivity index (χ1) is 11.0. The van der Waals surface area contributed by atoms with Gasteiger partial charge in [-0.1, -0.05) is 48.5 Å². The lowest BCUT2D eigenvalue weighted by atomic mass is 10.1. The van der Waals surface area contributed by atoms with Crippen molar-refractivity contribution >= 4 is 0 Å². The molecule has 0 bridgehead atoms. The van der Waals surface area contributed by atoms with Crippen LogP contribution in [0.15, 0.2) is 76.3 Å². The fourth-order valence-corrected chi connectivity index (χ4v) is 2.29. The first-order valence-electron chi connectivity index (χ1n) is 6.86. The van der Waals surface area contributed by atoms with Gasteiger partial charge in [-0.25, -0.2) is 9.36 Å². The van der Waals surface area contributed by atoms with Gasteiger partial charge in [0.1, 0.15) is 0 Å². The maximum absolute atomic E-state index is 14.5. The number of H-pyrrole nitrogens is 1. The summed E-state index contributed by atoms with van der Waals surface area (Å²) in [6, 6.07) is 15.9. The van der Waals surface area contributed by atoms with Crippen LogP contribution in [0.3, 0.4) is 0 Å². The Bertz CT molecular complexity index is 901. The van der Waals surface area contributed by atoms with E-state index in [2.05, 4.69) is 4.98 Å². The molecule has 0 aliphatic rings. The van der Waals surface area contributed by atoms with Gasteiger partial charge in [-0.15, -0.1) is 0 Å². The van der Waals surface area contributed by atoms with E-state index in [0.717, 1.165) is 10.6 Å². The van der Waals surface area contributed by atoms with Crippen LogP contribution in [0.2, 0.25) is 0 Å². The van der Waals surface area contributed by atoms with Crippen molar-refractivity contribution in [1.29, 1.82) is 0 Å². The van der Waals surface area contributed by atoms with Crippen molar-refractivity contribution in [2.75, 3.05) is 0 Å². The van der Waals surface area contributed by atoms with Gasteiger partial charge in [-0.2, -0.15) is 8.78 Å². The minimum atomic E-state index is -3.46. The molecular weight excluding hydrogens is 302 g/mol. The second-order valence-corrected chi connectivity index (χ2v) is 4.94. The summed E-state index contributed by atoms with van der Waals surface area (Å²) < 4.78 is 29.7. The van der Waals surface area contributed by atoms with E-state index < -0.39 is 22.9 Å². The standard InChI is InChI=1S/C17H12F2N2O2/c18-17(19,12-7-3-1-4-8-12)14-11-15(22)21(16(23)20-14)13-9-5-2-6-10-13/h1-11H,(H,20,23). The summed E-state index contributed by atoms with van der Waals surface area (Å²) in [6.07, 6.45) is 0. The van der Waals surface area contributed by atoms with Gasteiger partial charge in [-0.3, -0.25) is 4.79 Å². The number of para-hydroxylation sites is 1. The van der Waals surface area contributed by atoms with Gasteiger partial charge in [0.25, 0.3) is 5.56 Å². The maximum Gasteiger partial charge on any atom is 0.333 e. The number of aromatic nitrogens is 2. The van der Waals surface area contributed by atoms with Crippen molar-refractivity contribution in [3.8, 4) is 5.69 Å². The van der Waals surface area contributed by atoms with Crippen molar-refractivity contribution < 1.29 is 8.78 Å². The van der Waals surface area contributed by atoms with Crippen molar-refractivity contribution in [2.24, 2.45) is 0 Å². The van der Waals surface area contributed by atoms with E-state index in [4.69, 9.17) is 0 Å². The van der Waals surface area contributed by atoms with Gasteiger partial charge >= 0.3 is 11.6 Å². The van der Waals surface area contributed by atoms with Gasteiger partial charge in [0.05, 0.1) is 11.4 Å². The van der Waals surface area contributed by atoms with E-state index in [1.165, 1.54) is 24.3 Å². The highest BCUT2D eigenvalue weighted by atomic mass is 19.3. The number of nitrogens with zero attached hydrogens (tertiary/aromatic N) is 1. The molecule has 0 unspecified atom stereocenters. The molecule has 4 nitrogen and oxygen atoms in total. The quantitative estimate of drug-likeness (QED) is 0.808. The molecule has 1 N–H and O–H groups in total. The van der Waals surface area contributed by atoms with E-state index in [-0.39, 0.29) is 5.56 Å². The Hall–Kier alpha value is -3.02. The molecule has 0 aliphatic carbocycles. The molecule has 0 fully saturated rings. The number of rotatable bonds is 3. The molecule has 23 heavy (non-hydrogen) atoms. The number of hydrogen-bond donors (Lipinski definition) is 1. The number of halogens is 2. The van der Waals surface area contributed by atoms with Crippen molar-refractivity contribution in [3.63, 3.8) is 0 Å². The molecule has 0 radical (unpaired) electrons. The Morgan fingerprint density at radius 3 is 2.00 bits per heavy atom. The van der Waals surface area contributed by atoms with Crippen LogP contribution in [0.1, 0.15) is 11.3 Å². The minimum absolute atomic E-state index is 0.299. The van der Waals surface area contributed by atoms with Crippen LogP contribution in [0.5, 0.6) is 0 Å². The summed E-state index contributed by atoms with van der Waals surface area (Å²) in [4.78, 5) is 26.4. The molecule has 0 aliphatic heterocycles. The van der Waals surface area contributed by atoms with Crippen LogP contribution in [-0.2, 0) is 5.92 Å². The monoisotopic (exact) mass is 314 g/mol. The van der Waals surface area contributed by atoms with Crippen LogP contribution < -0.4 is 11.2 Å². The number of aromatic amines is 1. The molecule has 3 rings (SSSR count). The molecule has 0 atom stereocenters. The number of hydrogen-bond acceptors (Lipinski definition) is 2. The van der Waals surface area contributed by atoms with E-state index in [1.807, 2.05) is 0 Å². The van der Waals surface area contributed by atoms with Crippen molar-refractivity contribution in [3.05, 3.63) is 98.8 Å². The Morgan fingerprint density at radius 1 is 0.870 bits per heavy atom. The first kappa shape index (κ1) is 14.9. The summed E-state index contributed by atoms with van der Waals surface area (Å²) in [5.74, 6) is -3.46. The third-order valence-corrected chi connectivity index (χ3v) is 3.42. The first-order valence-corrected chi connectivity index (χ1v) is 6.86.